The van der Waals surface area contributed by atoms with Crippen molar-refractivity contribution in [2.75, 3.05) is 0 Å². The molecule has 34 heavy (non-hydrogen) atoms. The number of imidazole rings is 2. The van der Waals surface area contributed by atoms with E-state index in [-0.39, 0.29) is 0 Å². The largest absolute Gasteiger partial charge is 0.338 e. The molecule has 168 valence electrons. The van der Waals surface area contributed by atoms with E-state index >= 15 is 0 Å². The lowest BCUT2D eigenvalue weighted by Crippen LogP contribution is -1.80. The Morgan fingerprint density at radius 2 is 0.912 bits per heavy atom. The Kier molecular flexibility index (Phi) is 6.35. The van der Waals surface area contributed by atoms with Crippen molar-refractivity contribution < 1.29 is 0 Å². The van der Waals surface area contributed by atoms with Gasteiger partial charge in [0, 0.05) is 20.1 Å². The molecule has 0 atom stereocenters. The second-order valence-electron chi connectivity index (χ2n) is 8.23. The van der Waals surface area contributed by atoms with E-state index in [0.717, 1.165) is 53.8 Å². The summed E-state index contributed by atoms with van der Waals surface area (Å²) >= 11 is 6.92. The number of aromatic amines is 2. The number of H-pyrrole nitrogens is 2. The Morgan fingerprint density at radius 3 is 1.29 bits per heavy atom. The molecule has 0 fully saturated rings. The van der Waals surface area contributed by atoms with Crippen molar-refractivity contribution in [3.05, 3.63) is 105 Å². The SMILES string of the molecule is Cc1ccc(-c2nc3ccc(Br)cc3[nH]2)cc1.Cc1ccc(-c2nc3ccc(Br)cc3[nH]2)cc1. The number of aryl methyl sites for hydroxylation is 2. The number of nitrogens with one attached hydrogen (secondary N) is 2. The first-order valence-corrected chi connectivity index (χ1v) is 12.5. The normalized spacial score (nSPS) is 10.9. The van der Waals surface area contributed by atoms with E-state index in [1.165, 1.54) is 11.1 Å². The van der Waals surface area contributed by atoms with Crippen molar-refractivity contribution in [2.45, 2.75) is 13.8 Å². The summed E-state index contributed by atoms with van der Waals surface area (Å²) in [6.07, 6.45) is 0. The zero-order valence-corrected chi connectivity index (χ0v) is 21.9. The molecule has 0 amide bonds. The van der Waals surface area contributed by atoms with Gasteiger partial charge in [-0.25, -0.2) is 9.97 Å². The third-order valence-corrected chi connectivity index (χ3v) is 6.52. The number of nitrogens with zero attached hydrogens (tertiary/aromatic N) is 2. The van der Waals surface area contributed by atoms with Crippen LogP contribution in [-0.2, 0) is 0 Å². The minimum Gasteiger partial charge on any atom is -0.338 e. The highest BCUT2D eigenvalue weighted by Gasteiger charge is 2.06. The molecule has 0 spiro atoms. The Hall–Kier alpha value is -3.22. The average Bonchev–Trinajstić information content (AvgIpc) is 3.44. The average molecular weight is 574 g/mol. The molecule has 6 aromatic rings. The van der Waals surface area contributed by atoms with E-state index in [1.807, 2.05) is 36.4 Å². The van der Waals surface area contributed by atoms with E-state index in [0.29, 0.717) is 0 Å². The fourth-order valence-electron chi connectivity index (χ4n) is 3.66. The van der Waals surface area contributed by atoms with Gasteiger partial charge < -0.3 is 9.97 Å². The maximum absolute atomic E-state index is 4.58. The third-order valence-electron chi connectivity index (χ3n) is 5.54. The predicted molar refractivity (Wildman–Crippen MR) is 148 cm³/mol. The van der Waals surface area contributed by atoms with E-state index in [9.17, 15) is 0 Å². The highest BCUT2D eigenvalue weighted by molar-refractivity contribution is 9.10. The molecule has 0 aliphatic heterocycles. The first-order chi connectivity index (χ1) is 16.4. The molecule has 2 aromatic heterocycles. The molecule has 0 aliphatic rings. The Bertz CT molecular complexity index is 1460. The maximum Gasteiger partial charge on any atom is 0.138 e. The van der Waals surface area contributed by atoms with Crippen molar-refractivity contribution in [1.29, 1.82) is 0 Å². The molecule has 0 radical (unpaired) electrons. The second kappa shape index (κ2) is 9.57. The van der Waals surface area contributed by atoms with Crippen LogP contribution < -0.4 is 0 Å². The first-order valence-electron chi connectivity index (χ1n) is 10.9. The number of halogens is 2. The highest BCUT2D eigenvalue weighted by Crippen LogP contribution is 2.24. The number of hydrogen-bond acceptors (Lipinski definition) is 2. The van der Waals surface area contributed by atoms with E-state index < -0.39 is 0 Å². The molecular formula is C28H22Br2N4. The Balaban J connectivity index is 0.000000142. The van der Waals surface area contributed by atoms with Crippen LogP contribution in [0.4, 0.5) is 0 Å². The minimum atomic E-state index is 0.915. The summed E-state index contributed by atoms with van der Waals surface area (Å²) < 4.78 is 2.12. The number of aromatic nitrogens is 4. The maximum atomic E-state index is 4.58. The predicted octanol–water partition coefficient (Wildman–Crippen LogP) is 8.60. The number of rotatable bonds is 2. The lowest BCUT2D eigenvalue weighted by atomic mass is 10.1. The molecule has 0 unspecified atom stereocenters. The van der Waals surface area contributed by atoms with E-state index in [2.05, 4.69) is 114 Å². The minimum absolute atomic E-state index is 0.915. The molecule has 6 heteroatoms. The first kappa shape index (κ1) is 22.6. The van der Waals surface area contributed by atoms with Gasteiger partial charge in [-0.3, -0.25) is 0 Å². The summed E-state index contributed by atoms with van der Waals surface area (Å²) in [6.45, 7) is 4.17. The Labute approximate surface area is 214 Å². The van der Waals surface area contributed by atoms with Gasteiger partial charge in [0.1, 0.15) is 11.6 Å². The van der Waals surface area contributed by atoms with Crippen LogP contribution in [0, 0.1) is 13.8 Å². The molecule has 2 heterocycles. The fourth-order valence-corrected chi connectivity index (χ4v) is 4.38. The molecule has 0 saturated carbocycles. The van der Waals surface area contributed by atoms with Gasteiger partial charge in [-0.05, 0) is 50.2 Å². The summed E-state index contributed by atoms with van der Waals surface area (Å²) in [6, 6.07) is 28.8. The van der Waals surface area contributed by atoms with Crippen LogP contribution in [0.2, 0.25) is 0 Å². The topological polar surface area (TPSA) is 57.4 Å². The van der Waals surface area contributed by atoms with Crippen molar-refractivity contribution in [3.63, 3.8) is 0 Å². The fraction of sp³-hybridized carbons (Fsp3) is 0.0714. The van der Waals surface area contributed by atoms with Crippen LogP contribution in [0.1, 0.15) is 11.1 Å². The summed E-state index contributed by atoms with van der Waals surface area (Å²) in [4.78, 5) is 15.8. The number of fused-ring (bicyclic) bond motifs is 2. The zero-order chi connectivity index (χ0) is 23.7. The molecule has 0 bridgehead atoms. The van der Waals surface area contributed by atoms with Gasteiger partial charge in [0.05, 0.1) is 22.1 Å². The molecule has 0 aliphatic carbocycles. The monoisotopic (exact) mass is 572 g/mol. The lowest BCUT2D eigenvalue weighted by molar-refractivity contribution is 1.33. The third kappa shape index (κ3) is 4.98. The summed E-state index contributed by atoms with van der Waals surface area (Å²) in [5, 5.41) is 0. The zero-order valence-electron chi connectivity index (χ0n) is 18.7. The molecular weight excluding hydrogens is 552 g/mol. The van der Waals surface area contributed by atoms with Gasteiger partial charge in [-0.1, -0.05) is 91.5 Å². The summed E-state index contributed by atoms with van der Waals surface area (Å²) in [7, 11) is 0. The van der Waals surface area contributed by atoms with Gasteiger partial charge in [0.2, 0.25) is 0 Å². The quantitative estimate of drug-likeness (QED) is 0.218. The van der Waals surface area contributed by atoms with Crippen LogP contribution in [0.3, 0.4) is 0 Å². The molecule has 0 saturated heterocycles. The van der Waals surface area contributed by atoms with Crippen molar-refractivity contribution >= 4 is 53.9 Å². The van der Waals surface area contributed by atoms with Gasteiger partial charge in [-0.2, -0.15) is 0 Å². The Morgan fingerprint density at radius 1 is 0.529 bits per heavy atom. The molecule has 2 N–H and O–H groups in total. The molecule has 6 rings (SSSR count). The standard InChI is InChI=1S/2C14H11BrN2/c2*1-9-2-4-10(5-3-9)14-16-12-7-6-11(15)8-13(12)17-14/h2*2-8H,1H3,(H,16,17). The molecule has 4 nitrogen and oxygen atoms in total. The summed E-state index contributed by atoms with van der Waals surface area (Å²) in [5.41, 5.74) is 8.82. The summed E-state index contributed by atoms with van der Waals surface area (Å²) in [5.74, 6) is 1.83. The van der Waals surface area contributed by atoms with Gasteiger partial charge in [0.15, 0.2) is 0 Å². The van der Waals surface area contributed by atoms with Crippen LogP contribution >= 0.6 is 31.9 Å². The molecule has 4 aromatic carbocycles. The van der Waals surface area contributed by atoms with E-state index in [1.54, 1.807) is 0 Å². The van der Waals surface area contributed by atoms with Crippen LogP contribution in [0.5, 0.6) is 0 Å². The van der Waals surface area contributed by atoms with Gasteiger partial charge >= 0.3 is 0 Å². The van der Waals surface area contributed by atoms with Gasteiger partial charge in [-0.15, -0.1) is 0 Å². The van der Waals surface area contributed by atoms with Crippen molar-refractivity contribution in [3.8, 4) is 22.8 Å². The van der Waals surface area contributed by atoms with Crippen molar-refractivity contribution in [2.24, 2.45) is 0 Å². The number of benzene rings is 4. The van der Waals surface area contributed by atoms with E-state index in [4.69, 9.17) is 0 Å². The van der Waals surface area contributed by atoms with Crippen LogP contribution in [0.25, 0.3) is 44.8 Å². The lowest BCUT2D eigenvalue weighted by Gasteiger charge is -1.96. The smallest absolute Gasteiger partial charge is 0.138 e. The van der Waals surface area contributed by atoms with Crippen LogP contribution in [0.15, 0.2) is 93.9 Å². The number of hydrogen-bond donors (Lipinski definition) is 2. The second-order valence-corrected chi connectivity index (χ2v) is 10.1. The van der Waals surface area contributed by atoms with Crippen LogP contribution in [-0.4, -0.2) is 19.9 Å². The van der Waals surface area contributed by atoms with Crippen molar-refractivity contribution in [1.82, 2.24) is 19.9 Å². The van der Waals surface area contributed by atoms with Gasteiger partial charge in [0.25, 0.3) is 0 Å². The highest BCUT2D eigenvalue weighted by atomic mass is 79.9.